The lowest BCUT2D eigenvalue weighted by Crippen LogP contribution is -2.34. The van der Waals surface area contributed by atoms with Gasteiger partial charge in [-0.3, -0.25) is 4.79 Å². The molecule has 0 radical (unpaired) electrons. The lowest BCUT2D eigenvalue weighted by atomic mass is 9.91. The summed E-state index contributed by atoms with van der Waals surface area (Å²) in [6, 6.07) is 7.94. The van der Waals surface area contributed by atoms with Crippen LogP contribution in [0.4, 0.5) is 0 Å². The summed E-state index contributed by atoms with van der Waals surface area (Å²) in [5.41, 5.74) is 1.43. The molecule has 0 bridgehead atoms. The molecule has 0 aromatic heterocycles. The highest BCUT2D eigenvalue weighted by Crippen LogP contribution is 2.59. The zero-order valence-electron chi connectivity index (χ0n) is 12.9. The van der Waals surface area contributed by atoms with Gasteiger partial charge in [-0.2, -0.15) is 0 Å². The van der Waals surface area contributed by atoms with Crippen molar-refractivity contribution in [1.29, 1.82) is 0 Å². The number of benzene rings is 1. The van der Waals surface area contributed by atoms with E-state index in [9.17, 15) is 4.79 Å². The lowest BCUT2D eigenvalue weighted by molar-refractivity contribution is -0.132. The highest BCUT2D eigenvalue weighted by atomic mass is 16.5. The van der Waals surface area contributed by atoms with E-state index in [0.29, 0.717) is 17.9 Å². The van der Waals surface area contributed by atoms with E-state index in [2.05, 4.69) is 5.32 Å². The molecule has 1 heterocycles. The number of hydrogen-bond acceptors (Lipinski definition) is 3. The fraction of sp³-hybridized carbons (Fsp3) is 0.588. The largest absolute Gasteiger partial charge is 0.497 e. The van der Waals surface area contributed by atoms with Crippen LogP contribution in [0.15, 0.2) is 24.3 Å². The highest BCUT2D eigenvalue weighted by Gasteiger charge is 2.58. The molecular weight excluding hydrogens is 264 g/mol. The van der Waals surface area contributed by atoms with Gasteiger partial charge in [0.1, 0.15) is 5.75 Å². The Morgan fingerprint density at radius 1 is 1.43 bits per heavy atom. The molecule has 21 heavy (non-hydrogen) atoms. The third kappa shape index (κ3) is 2.91. The Bertz CT molecular complexity index is 523. The van der Waals surface area contributed by atoms with Gasteiger partial charge in [-0.05, 0) is 55.5 Å². The van der Waals surface area contributed by atoms with Gasteiger partial charge in [0.05, 0.1) is 7.11 Å². The first-order valence-electron chi connectivity index (χ1n) is 7.73. The van der Waals surface area contributed by atoms with Crippen LogP contribution in [-0.4, -0.2) is 38.1 Å². The second-order valence-corrected chi connectivity index (χ2v) is 6.41. The SMILES string of the molecule is COc1cccc(CN(C)C(=O)C2CC23CCNCC3)c1. The van der Waals surface area contributed by atoms with E-state index in [1.54, 1.807) is 7.11 Å². The monoisotopic (exact) mass is 288 g/mol. The van der Waals surface area contributed by atoms with Gasteiger partial charge in [-0.15, -0.1) is 0 Å². The van der Waals surface area contributed by atoms with Crippen LogP contribution in [0.25, 0.3) is 0 Å². The minimum Gasteiger partial charge on any atom is -0.497 e. The predicted molar refractivity (Wildman–Crippen MR) is 82.1 cm³/mol. The number of nitrogens with one attached hydrogen (secondary N) is 1. The Labute approximate surface area is 126 Å². The molecule has 4 heteroatoms. The van der Waals surface area contributed by atoms with Gasteiger partial charge in [0.15, 0.2) is 0 Å². The third-order valence-electron chi connectivity index (χ3n) is 5.02. The molecule has 1 atom stereocenters. The minimum absolute atomic E-state index is 0.246. The number of carbonyl (C=O) groups excluding carboxylic acids is 1. The number of rotatable bonds is 4. The van der Waals surface area contributed by atoms with Crippen LogP contribution in [0, 0.1) is 11.3 Å². The van der Waals surface area contributed by atoms with Gasteiger partial charge >= 0.3 is 0 Å². The molecule has 1 amide bonds. The molecule has 4 nitrogen and oxygen atoms in total. The first-order chi connectivity index (χ1) is 10.1. The second-order valence-electron chi connectivity index (χ2n) is 6.41. The summed E-state index contributed by atoms with van der Waals surface area (Å²) in [4.78, 5) is 14.5. The van der Waals surface area contributed by atoms with Crippen molar-refractivity contribution in [1.82, 2.24) is 10.2 Å². The van der Waals surface area contributed by atoms with Gasteiger partial charge in [0.2, 0.25) is 5.91 Å². The summed E-state index contributed by atoms with van der Waals surface area (Å²) in [5, 5.41) is 3.38. The van der Waals surface area contributed by atoms with Gasteiger partial charge in [0, 0.05) is 19.5 Å². The molecule has 3 rings (SSSR count). The number of ether oxygens (including phenoxy) is 1. The Morgan fingerprint density at radius 2 is 2.19 bits per heavy atom. The Hall–Kier alpha value is -1.55. The molecule has 114 valence electrons. The van der Waals surface area contributed by atoms with Crippen LogP contribution in [0.3, 0.4) is 0 Å². The van der Waals surface area contributed by atoms with Crippen LogP contribution in [0.5, 0.6) is 5.75 Å². The van der Waals surface area contributed by atoms with E-state index in [1.165, 1.54) is 0 Å². The quantitative estimate of drug-likeness (QED) is 0.922. The maximum absolute atomic E-state index is 12.6. The second kappa shape index (κ2) is 5.68. The van der Waals surface area contributed by atoms with Gasteiger partial charge in [0.25, 0.3) is 0 Å². The van der Waals surface area contributed by atoms with Crippen LogP contribution < -0.4 is 10.1 Å². The van der Waals surface area contributed by atoms with E-state index in [1.807, 2.05) is 36.2 Å². The topological polar surface area (TPSA) is 41.6 Å². The van der Waals surface area contributed by atoms with Gasteiger partial charge in [-0.25, -0.2) is 0 Å². The molecule has 1 aromatic rings. The molecule has 2 aliphatic rings. The number of nitrogens with zero attached hydrogens (tertiary/aromatic N) is 1. The third-order valence-corrected chi connectivity index (χ3v) is 5.02. The maximum Gasteiger partial charge on any atom is 0.226 e. The summed E-state index contributed by atoms with van der Waals surface area (Å²) in [5.74, 6) is 1.39. The molecule has 1 aliphatic heterocycles. The fourth-order valence-corrected chi connectivity index (χ4v) is 3.56. The fourth-order valence-electron chi connectivity index (χ4n) is 3.56. The summed E-state index contributed by atoms with van der Waals surface area (Å²) < 4.78 is 5.24. The Kier molecular flexibility index (Phi) is 3.89. The summed E-state index contributed by atoms with van der Waals surface area (Å²) in [7, 11) is 3.58. The Morgan fingerprint density at radius 3 is 2.90 bits per heavy atom. The molecule has 1 unspecified atom stereocenters. The molecular formula is C17H24N2O2. The predicted octanol–water partition coefficient (Wildman–Crippen LogP) is 2.04. The number of carbonyl (C=O) groups is 1. The van der Waals surface area contributed by atoms with Gasteiger partial charge < -0.3 is 15.0 Å². The molecule has 1 N–H and O–H groups in total. The average Bonchev–Trinajstić information content (AvgIpc) is 3.20. The maximum atomic E-state index is 12.6. The molecule has 2 fully saturated rings. The zero-order chi connectivity index (χ0) is 14.9. The Balaban J connectivity index is 1.60. The first-order valence-corrected chi connectivity index (χ1v) is 7.73. The number of piperidine rings is 1. The molecule has 1 saturated heterocycles. The van der Waals surface area contributed by atoms with E-state index >= 15 is 0 Å². The van der Waals surface area contributed by atoms with Crippen molar-refractivity contribution in [3.63, 3.8) is 0 Å². The van der Waals surface area contributed by atoms with Crippen molar-refractivity contribution in [2.75, 3.05) is 27.2 Å². The first kappa shape index (κ1) is 14.4. The van der Waals surface area contributed by atoms with E-state index in [4.69, 9.17) is 4.74 Å². The van der Waals surface area contributed by atoms with Crippen molar-refractivity contribution in [2.24, 2.45) is 11.3 Å². The zero-order valence-corrected chi connectivity index (χ0v) is 12.9. The summed E-state index contributed by atoms with van der Waals surface area (Å²) in [6.07, 6.45) is 3.38. The van der Waals surface area contributed by atoms with Crippen molar-refractivity contribution in [3.05, 3.63) is 29.8 Å². The standard InChI is InChI=1S/C17H24N2O2/c1-19(12-13-4-3-5-14(10-13)21-2)16(20)15-11-17(15)6-8-18-9-7-17/h3-5,10,15,18H,6-9,11-12H2,1-2H3. The van der Waals surface area contributed by atoms with Crippen LogP contribution in [0.2, 0.25) is 0 Å². The van der Waals surface area contributed by atoms with Crippen molar-refractivity contribution in [3.8, 4) is 5.75 Å². The smallest absolute Gasteiger partial charge is 0.226 e. The molecule has 1 aliphatic carbocycles. The average molecular weight is 288 g/mol. The number of hydrogen-bond donors (Lipinski definition) is 1. The molecule has 1 saturated carbocycles. The molecule has 1 spiro atoms. The van der Waals surface area contributed by atoms with Crippen LogP contribution in [0.1, 0.15) is 24.8 Å². The summed E-state index contributed by atoms with van der Waals surface area (Å²) >= 11 is 0. The van der Waals surface area contributed by atoms with Crippen molar-refractivity contribution < 1.29 is 9.53 Å². The van der Waals surface area contributed by atoms with Crippen LogP contribution >= 0.6 is 0 Å². The van der Waals surface area contributed by atoms with E-state index < -0.39 is 0 Å². The highest BCUT2D eigenvalue weighted by molar-refractivity contribution is 5.82. The van der Waals surface area contributed by atoms with E-state index in [-0.39, 0.29) is 5.92 Å². The normalized spacial score (nSPS) is 22.9. The molecule has 1 aromatic carbocycles. The van der Waals surface area contributed by atoms with Crippen molar-refractivity contribution >= 4 is 5.91 Å². The van der Waals surface area contributed by atoms with Crippen molar-refractivity contribution in [2.45, 2.75) is 25.8 Å². The lowest BCUT2D eigenvalue weighted by Gasteiger charge is -2.25. The van der Waals surface area contributed by atoms with Crippen LogP contribution in [-0.2, 0) is 11.3 Å². The summed E-state index contributed by atoms with van der Waals surface area (Å²) in [6.45, 7) is 2.77. The van der Waals surface area contributed by atoms with Gasteiger partial charge in [-0.1, -0.05) is 12.1 Å². The number of amides is 1. The van der Waals surface area contributed by atoms with E-state index in [0.717, 1.165) is 43.7 Å². The minimum atomic E-state index is 0.246. The number of methoxy groups -OCH3 is 1.